The van der Waals surface area contributed by atoms with Crippen LogP contribution in [-0.4, -0.2) is 55.0 Å². The van der Waals surface area contributed by atoms with Gasteiger partial charge in [0.15, 0.2) is 11.5 Å². The first-order chi connectivity index (χ1) is 17.7. The van der Waals surface area contributed by atoms with Crippen molar-refractivity contribution in [1.82, 2.24) is 9.80 Å². The van der Waals surface area contributed by atoms with Crippen LogP contribution in [0.15, 0.2) is 59.0 Å². The molecular formula is C30H38N2O5. The lowest BCUT2D eigenvalue weighted by molar-refractivity contribution is -0.133. The van der Waals surface area contributed by atoms with E-state index in [1.54, 1.807) is 24.0 Å². The van der Waals surface area contributed by atoms with Gasteiger partial charge in [0.25, 0.3) is 5.91 Å². The third-order valence-corrected chi connectivity index (χ3v) is 6.60. The Bertz CT molecular complexity index is 1180. The lowest BCUT2D eigenvalue weighted by Gasteiger charge is -2.31. The van der Waals surface area contributed by atoms with Gasteiger partial charge in [-0.1, -0.05) is 30.7 Å². The highest BCUT2D eigenvalue weighted by molar-refractivity contribution is 5.96. The zero-order valence-corrected chi connectivity index (χ0v) is 22.7. The summed E-state index contributed by atoms with van der Waals surface area (Å²) in [6.45, 7) is 8.64. The number of aryl methyl sites for hydroxylation is 2. The number of hydrogen-bond donors (Lipinski definition) is 0. The lowest BCUT2D eigenvalue weighted by Crippen LogP contribution is -2.46. The van der Waals surface area contributed by atoms with Crippen LogP contribution in [0.5, 0.6) is 11.5 Å². The molecule has 0 radical (unpaired) electrons. The molecular weight excluding hydrogens is 468 g/mol. The lowest BCUT2D eigenvalue weighted by atomic mass is 10.1. The van der Waals surface area contributed by atoms with E-state index >= 15 is 0 Å². The molecule has 0 saturated carbocycles. The van der Waals surface area contributed by atoms with E-state index in [-0.39, 0.29) is 24.4 Å². The van der Waals surface area contributed by atoms with Crippen LogP contribution >= 0.6 is 0 Å². The average Bonchev–Trinajstić information content (AvgIpc) is 3.33. The van der Waals surface area contributed by atoms with Crippen LogP contribution in [-0.2, 0) is 17.8 Å². The zero-order chi connectivity index (χ0) is 26.9. The second-order valence-electron chi connectivity index (χ2n) is 9.32. The van der Waals surface area contributed by atoms with Crippen LogP contribution in [0.25, 0.3) is 0 Å². The van der Waals surface area contributed by atoms with Gasteiger partial charge in [0, 0.05) is 18.2 Å². The number of benzene rings is 2. The number of furan rings is 1. The largest absolute Gasteiger partial charge is 0.493 e. The highest BCUT2D eigenvalue weighted by Crippen LogP contribution is 2.28. The molecule has 0 saturated heterocycles. The Morgan fingerprint density at radius 3 is 2.24 bits per heavy atom. The first-order valence-corrected chi connectivity index (χ1v) is 12.7. The molecule has 3 aromatic rings. The Morgan fingerprint density at radius 2 is 1.65 bits per heavy atom. The Morgan fingerprint density at radius 1 is 0.946 bits per heavy atom. The summed E-state index contributed by atoms with van der Waals surface area (Å²) in [5.41, 5.74) is 2.68. The fraction of sp³-hybridized carbons (Fsp3) is 0.400. The molecule has 1 aromatic heterocycles. The van der Waals surface area contributed by atoms with Gasteiger partial charge in [-0.25, -0.2) is 0 Å². The first-order valence-electron chi connectivity index (χ1n) is 12.7. The maximum absolute atomic E-state index is 13.7. The number of nitrogens with zero attached hydrogens (tertiary/aromatic N) is 2. The van der Waals surface area contributed by atoms with Crippen molar-refractivity contribution in [3.05, 3.63) is 82.8 Å². The zero-order valence-electron chi connectivity index (χ0n) is 22.7. The number of methoxy groups -OCH3 is 2. The van der Waals surface area contributed by atoms with E-state index in [1.807, 2.05) is 82.3 Å². The predicted molar refractivity (Wildman–Crippen MR) is 144 cm³/mol. The van der Waals surface area contributed by atoms with Crippen molar-refractivity contribution in [2.75, 3.05) is 27.3 Å². The van der Waals surface area contributed by atoms with E-state index in [1.165, 1.54) is 0 Å². The summed E-state index contributed by atoms with van der Waals surface area (Å²) in [5.74, 6) is 2.53. The van der Waals surface area contributed by atoms with Crippen LogP contribution in [0.1, 0.15) is 53.3 Å². The fourth-order valence-corrected chi connectivity index (χ4v) is 4.11. The molecule has 3 rings (SSSR count). The maximum atomic E-state index is 13.7. The molecule has 0 fully saturated rings. The van der Waals surface area contributed by atoms with Crippen LogP contribution < -0.4 is 9.47 Å². The summed E-state index contributed by atoms with van der Waals surface area (Å²) < 4.78 is 16.5. The molecule has 7 nitrogen and oxygen atoms in total. The molecule has 0 spiro atoms. The van der Waals surface area contributed by atoms with Crippen molar-refractivity contribution in [1.29, 1.82) is 0 Å². The first kappa shape index (κ1) is 27.8. The van der Waals surface area contributed by atoms with Crippen molar-refractivity contribution < 1.29 is 23.5 Å². The van der Waals surface area contributed by atoms with E-state index in [0.29, 0.717) is 42.3 Å². The predicted octanol–water partition coefficient (Wildman–Crippen LogP) is 5.43. The van der Waals surface area contributed by atoms with Gasteiger partial charge in [0.05, 0.1) is 20.8 Å². The molecule has 0 N–H and O–H groups in total. The van der Waals surface area contributed by atoms with Crippen molar-refractivity contribution in [2.24, 2.45) is 0 Å². The molecule has 0 aliphatic heterocycles. The number of amides is 2. The number of rotatable bonds is 12. The van der Waals surface area contributed by atoms with Gasteiger partial charge in [-0.05, 0) is 75.6 Å². The summed E-state index contributed by atoms with van der Waals surface area (Å²) in [7, 11) is 3.20. The molecule has 0 bridgehead atoms. The molecule has 1 heterocycles. The summed E-state index contributed by atoms with van der Waals surface area (Å²) in [6, 6.07) is 16.9. The topological polar surface area (TPSA) is 72.2 Å². The van der Waals surface area contributed by atoms with Gasteiger partial charge in [0.2, 0.25) is 5.91 Å². The van der Waals surface area contributed by atoms with Crippen LogP contribution in [0.4, 0.5) is 0 Å². The van der Waals surface area contributed by atoms with Crippen molar-refractivity contribution in [2.45, 2.75) is 53.1 Å². The van der Waals surface area contributed by atoms with Gasteiger partial charge in [-0.15, -0.1) is 0 Å². The second-order valence-corrected chi connectivity index (χ2v) is 9.32. The SMILES string of the molecule is CC[C@@H](C)N(CC(=O)N(CCc1ccc(OC)c(OC)c1)Cc1ccc(C)o1)C(=O)c1ccc(C)cc1. The van der Waals surface area contributed by atoms with Crippen LogP contribution in [0.2, 0.25) is 0 Å². The average molecular weight is 507 g/mol. The highest BCUT2D eigenvalue weighted by atomic mass is 16.5. The summed E-state index contributed by atoms with van der Waals surface area (Å²) in [5, 5.41) is 0. The fourth-order valence-electron chi connectivity index (χ4n) is 4.11. The second kappa shape index (κ2) is 13.0. The van der Waals surface area contributed by atoms with Crippen molar-refractivity contribution in [3.8, 4) is 11.5 Å². The Labute approximate surface area is 220 Å². The number of hydrogen-bond acceptors (Lipinski definition) is 5. The minimum Gasteiger partial charge on any atom is -0.493 e. The summed E-state index contributed by atoms with van der Waals surface area (Å²) in [4.78, 5) is 30.5. The molecule has 7 heteroatoms. The number of ether oxygens (including phenoxy) is 2. The minimum absolute atomic E-state index is 0.00661. The van der Waals surface area contributed by atoms with E-state index in [9.17, 15) is 9.59 Å². The van der Waals surface area contributed by atoms with Crippen LogP contribution in [0.3, 0.4) is 0 Å². The van der Waals surface area contributed by atoms with E-state index in [2.05, 4.69) is 0 Å². The number of carbonyl (C=O) groups excluding carboxylic acids is 2. The van der Waals surface area contributed by atoms with Crippen molar-refractivity contribution >= 4 is 11.8 Å². The molecule has 0 aliphatic carbocycles. The number of carbonyl (C=O) groups is 2. The van der Waals surface area contributed by atoms with Crippen molar-refractivity contribution in [3.63, 3.8) is 0 Å². The molecule has 198 valence electrons. The maximum Gasteiger partial charge on any atom is 0.254 e. The molecule has 2 amide bonds. The Hall–Kier alpha value is -3.74. The molecule has 1 atom stereocenters. The smallest absolute Gasteiger partial charge is 0.254 e. The molecule has 37 heavy (non-hydrogen) atoms. The van der Waals surface area contributed by atoms with Crippen LogP contribution in [0, 0.1) is 13.8 Å². The Balaban J connectivity index is 1.81. The standard InChI is InChI=1S/C30H38N2O5/c1-7-22(3)32(30(34)25-12-8-21(2)9-13-25)20-29(33)31(19-26-14-10-23(4)37-26)17-16-24-11-15-27(35-5)28(18-24)36-6/h8-15,18,22H,7,16-17,19-20H2,1-6H3/t22-/m1/s1. The molecule has 2 aromatic carbocycles. The summed E-state index contributed by atoms with van der Waals surface area (Å²) in [6.07, 6.45) is 1.36. The van der Waals surface area contributed by atoms with E-state index in [4.69, 9.17) is 13.9 Å². The molecule has 0 unspecified atom stereocenters. The highest BCUT2D eigenvalue weighted by Gasteiger charge is 2.26. The third kappa shape index (κ3) is 7.38. The van der Waals surface area contributed by atoms with Gasteiger partial charge in [-0.3, -0.25) is 9.59 Å². The van der Waals surface area contributed by atoms with Gasteiger partial charge < -0.3 is 23.7 Å². The third-order valence-electron chi connectivity index (χ3n) is 6.60. The quantitative estimate of drug-likeness (QED) is 0.328. The van der Waals surface area contributed by atoms with Gasteiger partial charge >= 0.3 is 0 Å². The molecule has 0 aliphatic rings. The summed E-state index contributed by atoms with van der Waals surface area (Å²) >= 11 is 0. The van der Waals surface area contributed by atoms with E-state index in [0.717, 1.165) is 23.3 Å². The van der Waals surface area contributed by atoms with Gasteiger partial charge in [-0.2, -0.15) is 0 Å². The minimum atomic E-state index is -0.142. The monoisotopic (exact) mass is 506 g/mol. The Kier molecular flexibility index (Phi) is 9.78. The van der Waals surface area contributed by atoms with Gasteiger partial charge in [0.1, 0.15) is 18.1 Å². The van der Waals surface area contributed by atoms with E-state index < -0.39 is 0 Å². The normalized spacial score (nSPS) is 11.6.